The summed E-state index contributed by atoms with van der Waals surface area (Å²) in [7, 11) is 0. The van der Waals surface area contributed by atoms with Gasteiger partial charge in [-0.3, -0.25) is 4.40 Å². The van der Waals surface area contributed by atoms with Gasteiger partial charge < -0.3 is 0 Å². The topological polar surface area (TPSA) is 30.2 Å². The fourth-order valence-electron chi connectivity index (χ4n) is 1.19. The Bertz CT molecular complexity index is 364. The third-order valence-corrected chi connectivity index (χ3v) is 1.79. The van der Waals surface area contributed by atoms with Crippen LogP contribution in [0, 0.1) is 0 Å². The van der Waals surface area contributed by atoms with Gasteiger partial charge in [-0.05, 0) is 18.1 Å². The van der Waals surface area contributed by atoms with Gasteiger partial charge in [0.15, 0.2) is 0 Å². The van der Waals surface area contributed by atoms with Gasteiger partial charge in [0.05, 0.1) is 0 Å². The zero-order valence-corrected chi connectivity index (χ0v) is 6.36. The molecule has 2 aromatic rings. The molecule has 0 saturated heterocycles. The highest BCUT2D eigenvalue weighted by Crippen LogP contribution is 2.08. The van der Waals surface area contributed by atoms with E-state index in [9.17, 15) is 0 Å². The van der Waals surface area contributed by atoms with Gasteiger partial charge in [-0.25, -0.2) is 9.97 Å². The summed E-state index contributed by atoms with van der Waals surface area (Å²) < 4.78 is 1.93. The summed E-state index contributed by atoms with van der Waals surface area (Å²) in [4.78, 5) is 8.08. The van der Waals surface area contributed by atoms with E-state index in [2.05, 4.69) is 23.0 Å². The van der Waals surface area contributed by atoms with Crippen molar-refractivity contribution in [3.05, 3.63) is 30.5 Å². The number of hydrogen-bond acceptors (Lipinski definition) is 2. The standard InChI is InChI=1S/C8H9N3/c1-2-7-3-4-11-6-9-5-10-8(7)11/h3-6H,2H2,1H3. The number of rotatable bonds is 1. The van der Waals surface area contributed by atoms with Crippen molar-refractivity contribution in [2.45, 2.75) is 13.3 Å². The quantitative estimate of drug-likeness (QED) is 0.608. The van der Waals surface area contributed by atoms with Gasteiger partial charge >= 0.3 is 0 Å². The number of aryl methyl sites for hydroxylation is 1. The molecule has 0 atom stereocenters. The first kappa shape index (κ1) is 6.34. The maximum absolute atomic E-state index is 4.16. The van der Waals surface area contributed by atoms with Crippen LogP contribution in [0.25, 0.3) is 5.65 Å². The monoisotopic (exact) mass is 147 g/mol. The van der Waals surface area contributed by atoms with Gasteiger partial charge in [0.2, 0.25) is 0 Å². The van der Waals surface area contributed by atoms with Gasteiger partial charge in [0, 0.05) is 6.20 Å². The molecule has 0 N–H and O–H groups in total. The smallest absolute Gasteiger partial charge is 0.142 e. The minimum atomic E-state index is 1.02. The average Bonchev–Trinajstić information content (AvgIpc) is 2.47. The lowest BCUT2D eigenvalue weighted by molar-refractivity contribution is 1.01. The van der Waals surface area contributed by atoms with E-state index in [4.69, 9.17) is 0 Å². The first-order chi connectivity index (χ1) is 5.42. The Balaban J connectivity index is 2.76. The van der Waals surface area contributed by atoms with E-state index < -0.39 is 0 Å². The molecule has 0 spiro atoms. The summed E-state index contributed by atoms with van der Waals surface area (Å²) in [6.07, 6.45) is 6.34. The van der Waals surface area contributed by atoms with Crippen LogP contribution in [0.2, 0.25) is 0 Å². The molecule has 0 aliphatic heterocycles. The number of aromatic nitrogens is 3. The molecular weight excluding hydrogens is 138 g/mol. The molecule has 11 heavy (non-hydrogen) atoms. The summed E-state index contributed by atoms with van der Waals surface area (Å²) in [5.74, 6) is 0. The summed E-state index contributed by atoms with van der Waals surface area (Å²) in [6, 6.07) is 2.07. The Hall–Kier alpha value is -1.38. The molecule has 2 heterocycles. The molecule has 0 bridgehead atoms. The predicted octanol–water partition coefficient (Wildman–Crippen LogP) is 1.29. The molecule has 0 fully saturated rings. The van der Waals surface area contributed by atoms with Crippen LogP contribution < -0.4 is 0 Å². The lowest BCUT2D eigenvalue weighted by Gasteiger charge is -1.92. The second kappa shape index (κ2) is 2.34. The van der Waals surface area contributed by atoms with Crippen LogP contribution in [-0.2, 0) is 6.42 Å². The molecule has 3 nitrogen and oxygen atoms in total. The summed E-state index contributed by atoms with van der Waals surface area (Å²) in [6.45, 7) is 2.12. The van der Waals surface area contributed by atoms with Crippen LogP contribution >= 0.6 is 0 Å². The normalized spacial score (nSPS) is 10.6. The summed E-state index contributed by atoms with van der Waals surface area (Å²) in [5, 5.41) is 0. The van der Waals surface area contributed by atoms with Crippen molar-refractivity contribution in [2.75, 3.05) is 0 Å². The third-order valence-electron chi connectivity index (χ3n) is 1.79. The minimum absolute atomic E-state index is 1.02. The van der Waals surface area contributed by atoms with E-state index in [1.165, 1.54) is 5.56 Å². The third kappa shape index (κ3) is 0.888. The van der Waals surface area contributed by atoms with E-state index in [1.807, 2.05) is 10.6 Å². The van der Waals surface area contributed by atoms with Crippen LogP contribution in [-0.4, -0.2) is 14.4 Å². The average molecular weight is 147 g/mol. The van der Waals surface area contributed by atoms with Crippen molar-refractivity contribution < 1.29 is 0 Å². The Morgan fingerprint density at radius 3 is 3.27 bits per heavy atom. The molecule has 0 radical (unpaired) electrons. The molecule has 0 aromatic carbocycles. The molecule has 0 aliphatic rings. The van der Waals surface area contributed by atoms with Crippen molar-refractivity contribution >= 4 is 5.65 Å². The number of fused-ring (bicyclic) bond motifs is 1. The van der Waals surface area contributed by atoms with Crippen LogP contribution in [0.3, 0.4) is 0 Å². The van der Waals surface area contributed by atoms with E-state index >= 15 is 0 Å². The Morgan fingerprint density at radius 1 is 1.55 bits per heavy atom. The maximum atomic E-state index is 4.16. The molecular formula is C8H9N3. The Kier molecular flexibility index (Phi) is 1.35. The van der Waals surface area contributed by atoms with Crippen LogP contribution in [0.1, 0.15) is 12.5 Å². The second-order valence-electron chi connectivity index (χ2n) is 2.43. The molecule has 0 aliphatic carbocycles. The maximum Gasteiger partial charge on any atom is 0.142 e. The lowest BCUT2D eigenvalue weighted by Crippen LogP contribution is -1.88. The van der Waals surface area contributed by atoms with E-state index in [0.29, 0.717) is 0 Å². The van der Waals surface area contributed by atoms with E-state index in [-0.39, 0.29) is 0 Å². The predicted molar refractivity (Wildman–Crippen MR) is 42.4 cm³/mol. The largest absolute Gasteiger partial charge is 0.292 e. The lowest BCUT2D eigenvalue weighted by atomic mass is 10.2. The highest BCUT2D eigenvalue weighted by Gasteiger charge is 1.98. The minimum Gasteiger partial charge on any atom is -0.292 e. The summed E-state index contributed by atoms with van der Waals surface area (Å²) in [5.41, 5.74) is 2.29. The number of hydrogen-bond donors (Lipinski definition) is 0. The van der Waals surface area contributed by atoms with Gasteiger partial charge in [-0.2, -0.15) is 0 Å². The van der Waals surface area contributed by atoms with Crippen LogP contribution in [0.15, 0.2) is 24.9 Å². The van der Waals surface area contributed by atoms with Crippen molar-refractivity contribution in [1.29, 1.82) is 0 Å². The van der Waals surface area contributed by atoms with Crippen LogP contribution in [0.4, 0.5) is 0 Å². The summed E-state index contributed by atoms with van der Waals surface area (Å²) >= 11 is 0. The van der Waals surface area contributed by atoms with Crippen LogP contribution in [0.5, 0.6) is 0 Å². The Morgan fingerprint density at radius 2 is 2.45 bits per heavy atom. The zero-order chi connectivity index (χ0) is 7.68. The highest BCUT2D eigenvalue weighted by molar-refractivity contribution is 5.47. The molecule has 2 aromatic heterocycles. The molecule has 56 valence electrons. The first-order valence-corrected chi connectivity index (χ1v) is 3.67. The molecule has 2 rings (SSSR count). The SMILES string of the molecule is CCc1ccn2cncnc12. The highest BCUT2D eigenvalue weighted by atomic mass is 15.0. The van der Waals surface area contributed by atoms with E-state index in [0.717, 1.165) is 12.1 Å². The van der Waals surface area contributed by atoms with Crippen molar-refractivity contribution in [3.63, 3.8) is 0 Å². The van der Waals surface area contributed by atoms with Gasteiger partial charge in [-0.15, -0.1) is 0 Å². The molecule has 3 heteroatoms. The zero-order valence-electron chi connectivity index (χ0n) is 6.36. The molecule has 0 amide bonds. The van der Waals surface area contributed by atoms with E-state index in [1.54, 1.807) is 12.7 Å². The first-order valence-electron chi connectivity index (χ1n) is 3.67. The van der Waals surface area contributed by atoms with Gasteiger partial charge in [-0.1, -0.05) is 6.92 Å². The molecule has 0 saturated carbocycles. The second-order valence-corrected chi connectivity index (χ2v) is 2.43. The number of nitrogens with zero attached hydrogens (tertiary/aromatic N) is 3. The van der Waals surface area contributed by atoms with Crippen molar-refractivity contribution in [2.24, 2.45) is 0 Å². The van der Waals surface area contributed by atoms with Crippen molar-refractivity contribution in [1.82, 2.24) is 14.4 Å². The fourth-order valence-corrected chi connectivity index (χ4v) is 1.19. The molecule has 0 unspecified atom stereocenters. The van der Waals surface area contributed by atoms with Gasteiger partial charge in [0.25, 0.3) is 0 Å². The van der Waals surface area contributed by atoms with Crippen molar-refractivity contribution in [3.8, 4) is 0 Å². The Labute approximate surface area is 64.7 Å². The van der Waals surface area contributed by atoms with Gasteiger partial charge in [0.1, 0.15) is 18.3 Å². The fraction of sp³-hybridized carbons (Fsp3) is 0.250.